The van der Waals surface area contributed by atoms with Gasteiger partial charge in [-0.1, -0.05) is 118 Å². The maximum absolute atomic E-state index is 14.8. The molecule has 0 aromatic heterocycles. The van der Waals surface area contributed by atoms with Gasteiger partial charge in [0.05, 0.1) is 55.3 Å². The van der Waals surface area contributed by atoms with Gasteiger partial charge in [-0.3, -0.25) is 52.8 Å². The van der Waals surface area contributed by atoms with E-state index in [2.05, 4.69) is 21.3 Å². The Hall–Kier alpha value is -7.86. The molecule has 0 saturated carbocycles. The van der Waals surface area contributed by atoms with Gasteiger partial charge in [-0.05, 0) is 79.9 Å². The Morgan fingerprint density at radius 2 is 1.38 bits per heavy atom. The number of benzene rings is 2. The third-order valence-electron chi connectivity index (χ3n) is 17.9. The van der Waals surface area contributed by atoms with Crippen LogP contribution < -0.4 is 27.0 Å². The van der Waals surface area contributed by atoms with E-state index in [-0.39, 0.29) is 135 Å². The fourth-order valence-corrected chi connectivity index (χ4v) is 12.4. The molecule has 0 bridgehead atoms. The average molecular weight is 1300 g/mol. The molecular weight excluding hydrogens is 1190 g/mol. The number of ether oxygens (including phenoxy) is 3. The lowest BCUT2D eigenvalue weighted by molar-refractivity contribution is -0.149. The van der Waals surface area contributed by atoms with Gasteiger partial charge in [0, 0.05) is 102 Å². The van der Waals surface area contributed by atoms with Gasteiger partial charge in [-0.2, -0.15) is 0 Å². The number of unbranched alkanes of at least 4 members (excludes halogenated alkanes) is 2. The molecule has 0 spiro atoms. The van der Waals surface area contributed by atoms with Crippen LogP contribution in [0.2, 0.25) is 0 Å². The number of carbonyl (C=O) groups is 12. The van der Waals surface area contributed by atoms with E-state index in [1.807, 2.05) is 27.7 Å². The summed E-state index contributed by atoms with van der Waals surface area (Å²) < 4.78 is 17.7. The molecule has 6 N–H and O–H groups in total. The van der Waals surface area contributed by atoms with Crippen LogP contribution >= 0.6 is 0 Å². The standard InChI is InChI=1S/C69H103N9O15/c1-14-45(8)63(56(91-12)39-60(85)77-36-22-26-52(77)64(92-13)46(9)65(86)72-40-55(81)48-23-17-15-18-24-48)75(10)67(88)51(42(2)3)38-54(80)62(44(6)7)76(11)69(90)93-41-47-28-30-50(31-29-47)73-66(87)49(25-21-34-71-68(70)89)37-53(79)61(43(4)5)74-57(82)27-19-16-20-35-78-58(83)32-33-59(78)84/h15,17-18,23-24,28-33,42-46,49,51-52,56,61-64H,14,16,19-22,25-27,34-41H2,1-13H3,(H,72,86)(H,73,87)(H,74,82)(H3,70,71,89)/t45-,46+,49+,51-,52-,56+,61-,62-,63-,64+/m0/s1. The second-order valence-electron chi connectivity index (χ2n) is 25.7. The molecule has 0 radical (unpaired) electrons. The van der Waals surface area contributed by atoms with Gasteiger partial charge in [-0.25, -0.2) is 9.59 Å². The van der Waals surface area contributed by atoms with Crippen LogP contribution in [0.25, 0.3) is 0 Å². The van der Waals surface area contributed by atoms with Crippen LogP contribution in [-0.4, -0.2) is 181 Å². The van der Waals surface area contributed by atoms with Crippen molar-refractivity contribution in [1.29, 1.82) is 0 Å². The second-order valence-corrected chi connectivity index (χ2v) is 25.7. The number of methoxy groups -OCH3 is 2. The van der Waals surface area contributed by atoms with Gasteiger partial charge < -0.3 is 55.9 Å². The average Bonchev–Trinajstić information content (AvgIpc) is 1.83. The van der Waals surface area contributed by atoms with Crippen molar-refractivity contribution in [3.63, 3.8) is 0 Å². The molecule has 0 aliphatic carbocycles. The Morgan fingerprint density at radius 3 is 1.96 bits per heavy atom. The van der Waals surface area contributed by atoms with Gasteiger partial charge in [0.1, 0.15) is 6.61 Å². The van der Waals surface area contributed by atoms with E-state index in [0.717, 1.165) is 4.90 Å². The minimum atomic E-state index is -0.972. The molecule has 1 fully saturated rings. The molecule has 2 aliphatic heterocycles. The normalized spacial score (nSPS) is 16.8. The van der Waals surface area contributed by atoms with E-state index in [4.69, 9.17) is 19.9 Å². The lowest BCUT2D eigenvalue weighted by Crippen LogP contribution is -2.54. The number of likely N-dealkylation sites (tertiary alicyclic amines) is 1. The van der Waals surface area contributed by atoms with Crippen molar-refractivity contribution in [3.8, 4) is 0 Å². The summed E-state index contributed by atoms with van der Waals surface area (Å²) >= 11 is 0. The Labute approximate surface area is 548 Å². The minimum Gasteiger partial charge on any atom is -0.445 e. The van der Waals surface area contributed by atoms with Gasteiger partial charge in [-0.15, -0.1) is 0 Å². The number of rotatable bonds is 40. The number of nitrogens with one attached hydrogen (secondary N) is 4. The van der Waals surface area contributed by atoms with E-state index in [1.165, 1.54) is 38.3 Å². The predicted octanol–water partition coefficient (Wildman–Crippen LogP) is 7.02. The number of anilines is 1. The molecule has 1 saturated heterocycles. The predicted molar refractivity (Wildman–Crippen MR) is 351 cm³/mol. The number of ketones is 3. The summed E-state index contributed by atoms with van der Waals surface area (Å²) in [6.45, 7) is 17.0. The van der Waals surface area contributed by atoms with E-state index < -0.39 is 72.2 Å². The monoisotopic (exact) mass is 1300 g/mol. The molecule has 10 amide bonds. The van der Waals surface area contributed by atoms with E-state index in [0.29, 0.717) is 68.3 Å². The number of hydrogen-bond donors (Lipinski definition) is 5. The van der Waals surface area contributed by atoms with Crippen molar-refractivity contribution in [2.24, 2.45) is 47.2 Å². The van der Waals surface area contributed by atoms with Gasteiger partial charge in [0.15, 0.2) is 17.3 Å². The number of primary amides is 1. The Bertz CT molecular complexity index is 2880. The Kier molecular flexibility index (Phi) is 32.0. The van der Waals surface area contributed by atoms with Crippen LogP contribution in [0, 0.1) is 41.4 Å². The number of amides is 10. The first-order valence-corrected chi connectivity index (χ1v) is 32.8. The van der Waals surface area contributed by atoms with E-state index in [9.17, 15) is 57.5 Å². The summed E-state index contributed by atoms with van der Waals surface area (Å²) in [5.41, 5.74) is 6.67. The molecular formula is C69H103N9O15. The van der Waals surface area contributed by atoms with Crippen molar-refractivity contribution in [3.05, 3.63) is 77.9 Å². The lowest BCUT2D eigenvalue weighted by Gasteiger charge is -2.41. The molecule has 2 heterocycles. The third-order valence-corrected chi connectivity index (χ3v) is 17.9. The highest BCUT2D eigenvalue weighted by Crippen LogP contribution is 2.32. The van der Waals surface area contributed by atoms with E-state index in [1.54, 1.807) is 106 Å². The number of likely N-dealkylation sites (N-methyl/N-ethyl adjacent to an activating group) is 2. The zero-order chi connectivity index (χ0) is 69.2. The number of urea groups is 1. The van der Waals surface area contributed by atoms with Crippen molar-refractivity contribution in [1.82, 2.24) is 35.6 Å². The van der Waals surface area contributed by atoms with Gasteiger partial charge >= 0.3 is 12.1 Å². The molecule has 2 aliphatic rings. The molecule has 24 nitrogen and oxygen atoms in total. The second kappa shape index (κ2) is 38.4. The highest BCUT2D eigenvalue weighted by atomic mass is 16.6. The van der Waals surface area contributed by atoms with Crippen LogP contribution in [0.5, 0.6) is 0 Å². The fourth-order valence-electron chi connectivity index (χ4n) is 12.4. The largest absolute Gasteiger partial charge is 0.445 e. The smallest absolute Gasteiger partial charge is 0.410 e. The third kappa shape index (κ3) is 23.3. The summed E-state index contributed by atoms with van der Waals surface area (Å²) in [6, 6.07) is 11.6. The first-order chi connectivity index (χ1) is 44.1. The molecule has 10 atom stereocenters. The maximum atomic E-state index is 14.8. The quantitative estimate of drug-likeness (QED) is 0.0254. The first kappa shape index (κ1) is 77.6. The summed E-state index contributed by atoms with van der Waals surface area (Å²) in [5, 5.41) is 10.9. The number of nitrogens with two attached hydrogens (primary N) is 1. The van der Waals surface area contributed by atoms with Gasteiger partial charge in [0.25, 0.3) is 11.8 Å². The highest BCUT2D eigenvalue weighted by Gasteiger charge is 2.44. The number of imide groups is 1. The lowest BCUT2D eigenvalue weighted by atomic mass is 9.83. The minimum absolute atomic E-state index is 0.0784. The molecule has 24 heteroatoms. The van der Waals surface area contributed by atoms with Crippen molar-refractivity contribution in [2.75, 3.05) is 59.8 Å². The molecule has 0 unspecified atom stereocenters. The SMILES string of the molecule is CC[C@H](C)[C@@H]([C@@H](CC(=O)N1CCC[C@H]1[C@H](OC)[C@@H](C)C(=O)NCC(=O)c1ccccc1)OC)N(C)C(=O)[C@@H](CC(=O)[C@H](C(C)C)N(C)C(=O)OCc1ccc(NC(=O)[C@H](CCCNC(N)=O)CC(=O)[C@@H](NC(=O)CCCCCN2C(=O)C=CC2=O)C(C)C)cc1)C(C)C. The fraction of sp³-hybridized carbons (Fsp3) is 0.623. The first-order valence-electron chi connectivity index (χ1n) is 32.8. The molecule has 2 aromatic rings. The Morgan fingerprint density at radius 1 is 0.720 bits per heavy atom. The molecule has 514 valence electrons. The molecule has 4 rings (SSSR count). The number of carbonyl (C=O) groups excluding carboxylic acids is 12. The summed E-state index contributed by atoms with van der Waals surface area (Å²) in [7, 11) is 6.15. The zero-order valence-corrected chi connectivity index (χ0v) is 56.9. The van der Waals surface area contributed by atoms with Crippen LogP contribution in [-0.2, 0) is 64.0 Å². The highest BCUT2D eigenvalue weighted by molar-refractivity contribution is 6.12. The van der Waals surface area contributed by atoms with Crippen molar-refractivity contribution in [2.45, 2.75) is 182 Å². The van der Waals surface area contributed by atoms with Crippen molar-refractivity contribution >= 4 is 76.5 Å². The molecule has 2 aromatic carbocycles. The summed E-state index contributed by atoms with van der Waals surface area (Å²) in [4.78, 5) is 165. The van der Waals surface area contributed by atoms with Crippen LogP contribution in [0.3, 0.4) is 0 Å². The van der Waals surface area contributed by atoms with Crippen LogP contribution in [0.1, 0.15) is 155 Å². The summed E-state index contributed by atoms with van der Waals surface area (Å²) in [6.07, 6.45) is 3.84. The van der Waals surface area contributed by atoms with Crippen LogP contribution in [0.4, 0.5) is 15.3 Å². The Balaban J connectivity index is 1.37. The number of nitrogens with zero attached hydrogens (tertiary/aromatic N) is 4. The topological polar surface area (TPSA) is 320 Å². The number of Topliss-reactive ketones (excluding diaryl/α,β-unsaturated/α-hetero) is 3. The maximum Gasteiger partial charge on any atom is 0.410 e. The summed E-state index contributed by atoms with van der Waals surface area (Å²) in [5.74, 6) is -6.93. The van der Waals surface area contributed by atoms with Crippen LogP contribution in [0.15, 0.2) is 66.7 Å². The van der Waals surface area contributed by atoms with Crippen molar-refractivity contribution < 1.29 is 71.7 Å². The number of hydrogen-bond acceptors (Lipinski definition) is 15. The van der Waals surface area contributed by atoms with E-state index >= 15 is 0 Å². The van der Waals surface area contributed by atoms with Gasteiger partial charge in [0.2, 0.25) is 29.5 Å². The zero-order valence-electron chi connectivity index (χ0n) is 56.9. The molecule has 93 heavy (non-hydrogen) atoms.